The number of anilines is 2. The first-order valence-electron chi connectivity index (χ1n) is 6.83. The molecule has 0 atom stereocenters. The standard InChI is InChI=1S/C14H23N3O2S/c1-14(2)7-4-8-17(10-14)13-6-5-11(9-12(13)15)20(18,19)16-3/h5-6,9,16H,4,7-8,10,15H2,1-3H3. The molecule has 0 amide bonds. The molecule has 0 bridgehead atoms. The second-order valence-corrected chi connectivity index (χ2v) is 8.00. The van der Waals surface area contributed by atoms with E-state index in [4.69, 9.17) is 5.73 Å². The quantitative estimate of drug-likeness (QED) is 0.834. The van der Waals surface area contributed by atoms with Crippen LogP contribution in [0.2, 0.25) is 0 Å². The van der Waals surface area contributed by atoms with E-state index in [0.29, 0.717) is 5.69 Å². The molecule has 1 aliphatic heterocycles. The van der Waals surface area contributed by atoms with Gasteiger partial charge in [-0.1, -0.05) is 13.8 Å². The van der Waals surface area contributed by atoms with Gasteiger partial charge in [-0.25, -0.2) is 13.1 Å². The molecule has 0 spiro atoms. The van der Waals surface area contributed by atoms with Crippen molar-refractivity contribution in [2.45, 2.75) is 31.6 Å². The molecule has 0 radical (unpaired) electrons. The molecule has 1 aromatic carbocycles. The van der Waals surface area contributed by atoms with Crippen molar-refractivity contribution in [1.82, 2.24) is 4.72 Å². The monoisotopic (exact) mass is 297 g/mol. The van der Waals surface area contributed by atoms with Gasteiger partial charge in [-0.3, -0.25) is 0 Å². The summed E-state index contributed by atoms with van der Waals surface area (Å²) in [5.74, 6) is 0. The molecule has 2 rings (SSSR count). The van der Waals surface area contributed by atoms with Gasteiger partial charge in [0.05, 0.1) is 16.3 Å². The van der Waals surface area contributed by atoms with E-state index in [1.807, 2.05) is 0 Å². The van der Waals surface area contributed by atoms with Gasteiger partial charge in [0.2, 0.25) is 10.0 Å². The minimum atomic E-state index is -3.44. The van der Waals surface area contributed by atoms with Gasteiger partial charge in [-0.05, 0) is 43.5 Å². The zero-order valence-corrected chi connectivity index (χ0v) is 13.1. The van der Waals surface area contributed by atoms with Gasteiger partial charge in [0.15, 0.2) is 0 Å². The van der Waals surface area contributed by atoms with Crippen LogP contribution in [0.5, 0.6) is 0 Å². The molecular formula is C14H23N3O2S. The highest BCUT2D eigenvalue weighted by Gasteiger charge is 2.27. The summed E-state index contributed by atoms with van der Waals surface area (Å²) in [5.41, 5.74) is 7.76. The number of nitrogens with one attached hydrogen (secondary N) is 1. The zero-order valence-electron chi connectivity index (χ0n) is 12.3. The van der Waals surface area contributed by atoms with Crippen molar-refractivity contribution in [3.8, 4) is 0 Å². The molecule has 1 saturated heterocycles. The third-order valence-electron chi connectivity index (χ3n) is 3.82. The molecule has 0 saturated carbocycles. The SMILES string of the molecule is CNS(=O)(=O)c1ccc(N2CCCC(C)(C)C2)c(N)c1. The normalized spacial score (nSPS) is 19.1. The van der Waals surface area contributed by atoms with Gasteiger partial charge in [0.25, 0.3) is 0 Å². The van der Waals surface area contributed by atoms with Crippen molar-refractivity contribution in [3.05, 3.63) is 18.2 Å². The van der Waals surface area contributed by atoms with Crippen LogP contribution in [0.3, 0.4) is 0 Å². The Morgan fingerprint density at radius 1 is 1.35 bits per heavy atom. The number of nitrogen functional groups attached to an aromatic ring is 1. The summed E-state index contributed by atoms with van der Waals surface area (Å²) < 4.78 is 25.8. The van der Waals surface area contributed by atoms with E-state index in [1.165, 1.54) is 19.5 Å². The van der Waals surface area contributed by atoms with Crippen LogP contribution in [-0.2, 0) is 10.0 Å². The number of hydrogen-bond donors (Lipinski definition) is 2. The second-order valence-electron chi connectivity index (χ2n) is 6.12. The van der Waals surface area contributed by atoms with E-state index in [-0.39, 0.29) is 10.3 Å². The number of nitrogens with zero attached hydrogens (tertiary/aromatic N) is 1. The predicted octanol–water partition coefficient (Wildman–Crippen LogP) is 1.80. The summed E-state index contributed by atoms with van der Waals surface area (Å²) in [6.45, 7) is 6.39. The summed E-state index contributed by atoms with van der Waals surface area (Å²) in [6.07, 6.45) is 2.33. The molecule has 1 aliphatic rings. The van der Waals surface area contributed by atoms with E-state index >= 15 is 0 Å². The Morgan fingerprint density at radius 2 is 2.05 bits per heavy atom. The van der Waals surface area contributed by atoms with Crippen LogP contribution in [0.15, 0.2) is 23.1 Å². The van der Waals surface area contributed by atoms with Crippen molar-refractivity contribution < 1.29 is 8.42 Å². The maximum absolute atomic E-state index is 11.8. The van der Waals surface area contributed by atoms with Gasteiger partial charge < -0.3 is 10.6 Å². The Bertz CT molecular complexity index is 596. The molecule has 6 heteroatoms. The minimum Gasteiger partial charge on any atom is -0.397 e. The highest BCUT2D eigenvalue weighted by atomic mass is 32.2. The first kappa shape index (κ1) is 15.1. The molecular weight excluding hydrogens is 274 g/mol. The molecule has 3 N–H and O–H groups in total. The van der Waals surface area contributed by atoms with Crippen LogP contribution >= 0.6 is 0 Å². The van der Waals surface area contributed by atoms with Crippen LogP contribution in [0.1, 0.15) is 26.7 Å². The van der Waals surface area contributed by atoms with E-state index in [9.17, 15) is 8.42 Å². The summed E-state index contributed by atoms with van der Waals surface area (Å²) in [4.78, 5) is 2.45. The Balaban J connectivity index is 2.31. The Labute approximate surface area is 121 Å². The smallest absolute Gasteiger partial charge is 0.240 e. The lowest BCUT2D eigenvalue weighted by molar-refractivity contribution is 0.293. The van der Waals surface area contributed by atoms with Gasteiger partial charge >= 0.3 is 0 Å². The van der Waals surface area contributed by atoms with E-state index in [2.05, 4.69) is 23.5 Å². The average molecular weight is 297 g/mol. The van der Waals surface area contributed by atoms with Crippen molar-refractivity contribution in [1.29, 1.82) is 0 Å². The zero-order chi connectivity index (χ0) is 15.0. The third kappa shape index (κ3) is 3.07. The Kier molecular flexibility index (Phi) is 3.97. The third-order valence-corrected chi connectivity index (χ3v) is 5.23. The number of piperidine rings is 1. The molecule has 1 heterocycles. The number of nitrogens with two attached hydrogens (primary N) is 1. The molecule has 1 fully saturated rings. The molecule has 0 unspecified atom stereocenters. The topological polar surface area (TPSA) is 75.4 Å². The fourth-order valence-electron chi connectivity index (χ4n) is 2.73. The van der Waals surface area contributed by atoms with Gasteiger partial charge in [0.1, 0.15) is 0 Å². The maximum atomic E-state index is 11.8. The van der Waals surface area contributed by atoms with Crippen LogP contribution in [-0.4, -0.2) is 28.6 Å². The average Bonchev–Trinajstić information content (AvgIpc) is 2.37. The largest absolute Gasteiger partial charge is 0.397 e. The molecule has 1 aromatic rings. The number of sulfonamides is 1. The molecule has 0 aliphatic carbocycles. The lowest BCUT2D eigenvalue weighted by Crippen LogP contribution is -2.40. The van der Waals surface area contributed by atoms with Gasteiger partial charge in [-0.2, -0.15) is 0 Å². The molecule has 5 nitrogen and oxygen atoms in total. The summed E-state index contributed by atoms with van der Waals surface area (Å²) in [5, 5.41) is 0. The highest BCUT2D eigenvalue weighted by Crippen LogP contribution is 2.34. The molecule has 20 heavy (non-hydrogen) atoms. The molecule has 0 aromatic heterocycles. The van der Waals surface area contributed by atoms with Gasteiger partial charge in [0, 0.05) is 13.1 Å². The van der Waals surface area contributed by atoms with Crippen molar-refractivity contribution in [2.24, 2.45) is 5.41 Å². The van der Waals surface area contributed by atoms with Crippen molar-refractivity contribution >= 4 is 21.4 Å². The van der Waals surface area contributed by atoms with Crippen LogP contribution < -0.4 is 15.4 Å². The highest BCUT2D eigenvalue weighted by molar-refractivity contribution is 7.89. The summed E-state index contributed by atoms with van der Waals surface area (Å²) in [7, 11) is -2.04. The summed E-state index contributed by atoms with van der Waals surface area (Å²) >= 11 is 0. The Morgan fingerprint density at radius 3 is 2.60 bits per heavy atom. The number of rotatable bonds is 3. The summed E-state index contributed by atoms with van der Waals surface area (Å²) in [6, 6.07) is 4.95. The van der Waals surface area contributed by atoms with Crippen LogP contribution in [0.25, 0.3) is 0 Å². The number of benzene rings is 1. The first-order chi connectivity index (χ1) is 9.25. The van der Waals surface area contributed by atoms with E-state index < -0.39 is 10.0 Å². The lowest BCUT2D eigenvalue weighted by Gasteiger charge is -2.40. The first-order valence-corrected chi connectivity index (χ1v) is 8.31. The van der Waals surface area contributed by atoms with E-state index in [1.54, 1.807) is 12.1 Å². The molecule has 112 valence electrons. The van der Waals surface area contributed by atoms with Gasteiger partial charge in [-0.15, -0.1) is 0 Å². The van der Waals surface area contributed by atoms with E-state index in [0.717, 1.165) is 25.2 Å². The maximum Gasteiger partial charge on any atom is 0.240 e. The number of hydrogen-bond acceptors (Lipinski definition) is 4. The van der Waals surface area contributed by atoms with Crippen LogP contribution in [0.4, 0.5) is 11.4 Å². The predicted molar refractivity (Wildman–Crippen MR) is 82.3 cm³/mol. The lowest BCUT2D eigenvalue weighted by atomic mass is 9.84. The van der Waals surface area contributed by atoms with Crippen molar-refractivity contribution in [2.75, 3.05) is 30.8 Å². The fourth-order valence-corrected chi connectivity index (χ4v) is 3.50. The fraction of sp³-hybridized carbons (Fsp3) is 0.571. The van der Waals surface area contributed by atoms with Crippen molar-refractivity contribution in [3.63, 3.8) is 0 Å². The Hall–Kier alpha value is -1.27. The van der Waals surface area contributed by atoms with Crippen LogP contribution in [0, 0.1) is 5.41 Å². The second kappa shape index (κ2) is 5.26. The minimum absolute atomic E-state index is 0.206.